The second-order valence-electron chi connectivity index (χ2n) is 4.96. The van der Waals surface area contributed by atoms with E-state index in [-0.39, 0.29) is 0 Å². The number of rotatable bonds is 7. The van der Waals surface area contributed by atoms with Gasteiger partial charge in [-0.05, 0) is 37.9 Å². The molecule has 1 unspecified atom stereocenters. The Morgan fingerprint density at radius 1 is 1.35 bits per heavy atom. The molecular formula is C15H22N4O. The fraction of sp³-hybridized carbons (Fsp3) is 0.533. The summed E-state index contributed by atoms with van der Waals surface area (Å²) in [5.41, 5.74) is 2.14. The summed E-state index contributed by atoms with van der Waals surface area (Å²) in [6.07, 6.45) is 6.39. The Hall–Kier alpha value is -1.75. The molecule has 0 bridgehead atoms. The van der Waals surface area contributed by atoms with Crippen molar-refractivity contribution in [1.29, 1.82) is 0 Å². The number of pyridine rings is 1. The molecule has 0 saturated carbocycles. The third kappa shape index (κ3) is 3.63. The lowest BCUT2D eigenvalue weighted by molar-refractivity contribution is 0.362. The predicted octanol–water partition coefficient (Wildman–Crippen LogP) is 2.62. The van der Waals surface area contributed by atoms with Crippen molar-refractivity contribution in [3.05, 3.63) is 29.9 Å². The second-order valence-corrected chi connectivity index (χ2v) is 4.96. The van der Waals surface area contributed by atoms with Crippen molar-refractivity contribution in [1.82, 2.24) is 20.4 Å². The quantitative estimate of drug-likeness (QED) is 0.841. The van der Waals surface area contributed by atoms with Gasteiger partial charge in [-0.15, -0.1) is 0 Å². The lowest BCUT2D eigenvalue weighted by Gasteiger charge is -2.09. The van der Waals surface area contributed by atoms with Crippen molar-refractivity contribution in [3.8, 4) is 11.4 Å². The summed E-state index contributed by atoms with van der Waals surface area (Å²) in [4.78, 5) is 8.63. The van der Waals surface area contributed by atoms with Crippen molar-refractivity contribution in [3.63, 3.8) is 0 Å². The van der Waals surface area contributed by atoms with Crippen LogP contribution < -0.4 is 5.32 Å². The van der Waals surface area contributed by atoms with Gasteiger partial charge >= 0.3 is 0 Å². The van der Waals surface area contributed by atoms with Gasteiger partial charge in [0.05, 0.1) is 0 Å². The van der Waals surface area contributed by atoms with Gasteiger partial charge in [-0.3, -0.25) is 4.98 Å². The Morgan fingerprint density at radius 3 is 2.95 bits per heavy atom. The SMILES string of the molecule is CCCNC(C)Cc1nc(-c2ccncc2CC)no1. The molecule has 2 rings (SSSR count). The van der Waals surface area contributed by atoms with Gasteiger partial charge in [-0.25, -0.2) is 0 Å². The number of aromatic nitrogens is 3. The molecule has 0 aromatic carbocycles. The van der Waals surface area contributed by atoms with Crippen molar-refractivity contribution >= 4 is 0 Å². The zero-order valence-corrected chi connectivity index (χ0v) is 12.4. The van der Waals surface area contributed by atoms with E-state index in [0.717, 1.165) is 36.9 Å². The molecule has 0 aliphatic rings. The molecule has 1 atom stereocenters. The highest BCUT2D eigenvalue weighted by atomic mass is 16.5. The minimum atomic E-state index is 0.339. The van der Waals surface area contributed by atoms with Crippen molar-refractivity contribution in [2.45, 2.75) is 46.1 Å². The van der Waals surface area contributed by atoms with Crippen molar-refractivity contribution < 1.29 is 4.52 Å². The molecule has 0 fully saturated rings. The van der Waals surface area contributed by atoms with E-state index in [0.29, 0.717) is 17.8 Å². The first kappa shape index (κ1) is 14.7. The van der Waals surface area contributed by atoms with E-state index in [1.165, 1.54) is 0 Å². The molecule has 5 heteroatoms. The fourth-order valence-electron chi connectivity index (χ4n) is 2.10. The van der Waals surface area contributed by atoms with Crippen LogP contribution in [0.3, 0.4) is 0 Å². The Balaban J connectivity index is 2.08. The molecule has 0 aliphatic heterocycles. The Bertz CT molecular complexity index is 538. The zero-order valence-electron chi connectivity index (χ0n) is 12.4. The van der Waals surface area contributed by atoms with E-state index in [9.17, 15) is 0 Å². The summed E-state index contributed by atoms with van der Waals surface area (Å²) >= 11 is 0. The van der Waals surface area contributed by atoms with Gasteiger partial charge in [-0.2, -0.15) is 4.98 Å². The molecular weight excluding hydrogens is 252 g/mol. The maximum Gasteiger partial charge on any atom is 0.228 e. The highest BCUT2D eigenvalue weighted by molar-refractivity contribution is 5.58. The average molecular weight is 274 g/mol. The van der Waals surface area contributed by atoms with E-state index in [4.69, 9.17) is 4.52 Å². The van der Waals surface area contributed by atoms with Gasteiger partial charge in [0.2, 0.25) is 11.7 Å². The first-order valence-corrected chi connectivity index (χ1v) is 7.23. The Morgan fingerprint density at radius 2 is 2.20 bits per heavy atom. The average Bonchev–Trinajstić information content (AvgIpc) is 2.93. The minimum absolute atomic E-state index is 0.339. The van der Waals surface area contributed by atoms with E-state index >= 15 is 0 Å². The van der Waals surface area contributed by atoms with Crippen LogP contribution in [0.15, 0.2) is 23.0 Å². The number of nitrogens with one attached hydrogen (secondary N) is 1. The molecule has 5 nitrogen and oxygen atoms in total. The molecule has 0 amide bonds. The van der Waals surface area contributed by atoms with E-state index in [1.54, 1.807) is 6.20 Å². The van der Waals surface area contributed by atoms with Crippen LogP contribution in [-0.4, -0.2) is 27.7 Å². The van der Waals surface area contributed by atoms with Crippen LogP contribution >= 0.6 is 0 Å². The smallest absolute Gasteiger partial charge is 0.228 e. The molecule has 0 aliphatic carbocycles. The van der Waals surface area contributed by atoms with Crippen LogP contribution in [0, 0.1) is 0 Å². The molecule has 0 radical (unpaired) electrons. The maximum atomic E-state index is 5.35. The van der Waals surface area contributed by atoms with Gasteiger partial charge in [0.1, 0.15) is 0 Å². The third-order valence-corrected chi connectivity index (χ3v) is 3.22. The standard InChI is InChI=1S/C15H22N4O/c1-4-7-17-11(3)9-14-18-15(19-20-14)13-6-8-16-10-12(13)5-2/h6,8,10-11,17H,4-5,7,9H2,1-3H3. The van der Waals surface area contributed by atoms with Crippen molar-refractivity contribution in [2.24, 2.45) is 0 Å². The van der Waals surface area contributed by atoms with Crippen LogP contribution in [0.4, 0.5) is 0 Å². The first-order chi connectivity index (χ1) is 9.74. The summed E-state index contributed by atoms with van der Waals surface area (Å²) in [5.74, 6) is 1.33. The van der Waals surface area contributed by atoms with E-state index in [2.05, 4.69) is 41.2 Å². The van der Waals surface area contributed by atoms with Crippen molar-refractivity contribution in [2.75, 3.05) is 6.54 Å². The van der Waals surface area contributed by atoms with Crippen LogP contribution in [0.25, 0.3) is 11.4 Å². The van der Waals surface area contributed by atoms with Crippen LogP contribution in [0.2, 0.25) is 0 Å². The summed E-state index contributed by atoms with van der Waals surface area (Å²) < 4.78 is 5.35. The predicted molar refractivity (Wildman–Crippen MR) is 78.4 cm³/mol. The lowest BCUT2D eigenvalue weighted by Crippen LogP contribution is -2.28. The summed E-state index contributed by atoms with van der Waals surface area (Å²) in [5, 5.41) is 7.50. The Kier molecular flexibility index (Phi) is 5.24. The number of aryl methyl sites for hydroxylation is 1. The third-order valence-electron chi connectivity index (χ3n) is 3.22. The van der Waals surface area contributed by atoms with Gasteiger partial charge < -0.3 is 9.84 Å². The highest BCUT2D eigenvalue weighted by Gasteiger charge is 2.13. The van der Waals surface area contributed by atoms with Gasteiger partial charge in [0.25, 0.3) is 0 Å². The molecule has 20 heavy (non-hydrogen) atoms. The van der Waals surface area contributed by atoms with Crippen LogP contribution in [0.5, 0.6) is 0 Å². The van der Waals surface area contributed by atoms with Crippen LogP contribution in [-0.2, 0) is 12.8 Å². The molecule has 2 aromatic rings. The summed E-state index contributed by atoms with van der Waals surface area (Å²) in [6, 6.07) is 2.28. The first-order valence-electron chi connectivity index (χ1n) is 7.23. The number of hydrogen-bond acceptors (Lipinski definition) is 5. The highest BCUT2D eigenvalue weighted by Crippen LogP contribution is 2.20. The normalized spacial score (nSPS) is 12.6. The molecule has 2 aromatic heterocycles. The lowest BCUT2D eigenvalue weighted by atomic mass is 10.1. The molecule has 0 saturated heterocycles. The molecule has 1 N–H and O–H groups in total. The Labute approximate surface area is 119 Å². The monoisotopic (exact) mass is 274 g/mol. The van der Waals surface area contributed by atoms with Crippen LogP contribution in [0.1, 0.15) is 38.6 Å². The van der Waals surface area contributed by atoms with E-state index in [1.807, 2.05) is 12.3 Å². The minimum Gasteiger partial charge on any atom is -0.339 e. The largest absolute Gasteiger partial charge is 0.339 e. The maximum absolute atomic E-state index is 5.35. The molecule has 2 heterocycles. The van der Waals surface area contributed by atoms with Gasteiger partial charge in [0, 0.05) is 30.4 Å². The van der Waals surface area contributed by atoms with E-state index < -0.39 is 0 Å². The summed E-state index contributed by atoms with van der Waals surface area (Å²) in [7, 11) is 0. The van der Waals surface area contributed by atoms with Gasteiger partial charge in [-0.1, -0.05) is 19.0 Å². The number of hydrogen-bond donors (Lipinski definition) is 1. The second kappa shape index (κ2) is 7.14. The van der Waals surface area contributed by atoms with Gasteiger partial charge in [0.15, 0.2) is 0 Å². The zero-order chi connectivity index (χ0) is 14.4. The molecule has 0 spiro atoms. The molecule has 108 valence electrons. The topological polar surface area (TPSA) is 63.8 Å². The fourth-order valence-corrected chi connectivity index (χ4v) is 2.10. The summed E-state index contributed by atoms with van der Waals surface area (Å²) in [6.45, 7) is 7.38. The number of nitrogens with zero attached hydrogens (tertiary/aromatic N) is 3.